The maximum atomic E-state index is 13.9. The average Bonchev–Trinajstić information content (AvgIpc) is 2.38. The van der Waals surface area contributed by atoms with Gasteiger partial charge < -0.3 is 10.1 Å². The molecule has 0 radical (unpaired) electrons. The topological polar surface area (TPSA) is 21.3 Å². The zero-order valence-electron chi connectivity index (χ0n) is 10.5. The second-order valence-corrected chi connectivity index (χ2v) is 4.95. The number of ether oxygens (including phenoxy) is 1. The molecule has 0 saturated carbocycles. The van der Waals surface area contributed by atoms with Crippen molar-refractivity contribution in [1.29, 1.82) is 0 Å². The van der Waals surface area contributed by atoms with Crippen LogP contribution in [0.3, 0.4) is 0 Å². The van der Waals surface area contributed by atoms with Gasteiger partial charge in [-0.2, -0.15) is 0 Å². The second kappa shape index (κ2) is 6.28. The first-order chi connectivity index (χ1) is 9.51. The molecule has 0 atom stereocenters. The van der Waals surface area contributed by atoms with Gasteiger partial charge in [0.25, 0.3) is 0 Å². The average molecular weight is 346 g/mol. The van der Waals surface area contributed by atoms with Crippen molar-refractivity contribution in [2.75, 3.05) is 7.05 Å². The molecule has 1 N–H and O–H groups in total. The molecule has 20 heavy (non-hydrogen) atoms. The SMILES string of the molecule is CNCc1cc(F)c(Oc2cc(F)ccc2Br)c(F)c1. The van der Waals surface area contributed by atoms with E-state index in [1.54, 1.807) is 7.05 Å². The zero-order valence-corrected chi connectivity index (χ0v) is 12.1. The van der Waals surface area contributed by atoms with Crippen LogP contribution in [0, 0.1) is 17.5 Å². The molecule has 0 amide bonds. The first-order valence-corrected chi connectivity index (χ1v) is 6.56. The third kappa shape index (κ3) is 3.32. The van der Waals surface area contributed by atoms with Gasteiger partial charge in [0, 0.05) is 12.6 Å². The maximum Gasteiger partial charge on any atom is 0.198 e. The van der Waals surface area contributed by atoms with Crippen LogP contribution in [0.25, 0.3) is 0 Å². The van der Waals surface area contributed by atoms with Crippen molar-refractivity contribution < 1.29 is 17.9 Å². The molecule has 0 spiro atoms. The molecule has 0 fully saturated rings. The molecule has 0 aromatic heterocycles. The molecule has 0 heterocycles. The van der Waals surface area contributed by atoms with Crippen LogP contribution in [0.5, 0.6) is 11.5 Å². The van der Waals surface area contributed by atoms with Crippen LogP contribution in [0.15, 0.2) is 34.8 Å². The molecule has 0 unspecified atom stereocenters. The molecule has 6 heteroatoms. The molecule has 0 bridgehead atoms. The summed E-state index contributed by atoms with van der Waals surface area (Å²) in [4.78, 5) is 0. The lowest BCUT2D eigenvalue weighted by Gasteiger charge is -2.11. The molecule has 0 aliphatic carbocycles. The monoisotopic (exact) mass is 345 g/mol. The summed E-state index contributed by atoms with van der Waals surface area (Å²) in [6.07, 6.45) is 0. The summed E-state index contributed by atoms with van der Waals surface area (Å²) in [5, 5.41) is 2.79. The number of nitrogens with one attached hydrogen (secondary N) is 1. The van der Waals surface area contributed by atoms with Crippen molar-refractivity contribution in [3.8, 4) is 11.5 Å². The van der Waals surface area contributed by atoms with Gasteiger partial charge in [-0.05, 0) is 52.8 Å². The summed E-state index contributed by atoms with van der Waals surface area (Å²) < 4.78 is 46.3. The Hall–Kier alpha value is -1.53. The summed E-state index contributed by atoms with van der Waals surface area (Å²) in [5.41, 5.74) is 0.452. The van der Waals surface area contributed by atoms with Gasteiger partial charge in [-0.1, -0.05) is 0 Å². The lowest BCUT2D eigenvalue weighted by atomic mass is 10.2. The van der Waals surface area contributed by atoms with Crippen molar-refractivity contribution in [3.05, 3.63) is 57.8 Å². The van der Waals surface area contributed by atoms with Gasteiger partial charge in [-0.3, -0.25) is 0 Å². The van der Waals surface area contributed by atoms with Crippen LogP contribution in [-0.4, -0.2) is 7.05 Å². The standard InChI is InChI=1S/C14H11BrF3NO/c1-19-7-8-4-11(17)14(12(18)5-8)20-13-6-9(16)2-3-10(13)15/h2-6,19H,7H2,1H3. The third-order valence-electron chi connectivity index (χ3n) is 2.54. The Labute approximate surface area is 122 Å². The minimum atomic E-state index is -0.841. The second-order valence-electron chi connectivity index (χ2n) is 4.10. The van der Waals surface area contributed by atoms with E-state index in [9.17, 15) is 13.2 Å². The molecular weight excluding hydrogens is 335 g/mol. The smallest absolute Gasteiger partial charge is 0.198 e. The zero-order chi connectivity index (χ0) is 14.7. The Balaban J connectivity index is 2.36. The third-order valence-corrected chi connectivity index (χ3v) is 3.20. The molecule has 0 aliphatic heterocycles. The number of benzene rings is 2. The summed E-state index contributed by atoms with van der Waals surface area (Å²) in [7, 11) is 1.67. The van der Waals surface area contributed by atoms with E-state index < -0.39 is 23.2 Å². The highest BCUT2D eigenvalue weighted by molar-refractivity contribution is 9.10. The molecule has 0 saturated heterocycles. The van der Waals surface area contributed by atoms with E-state index in [-0.39, 0.29) is 5.75 Å². The molecule has 2 aromatic carbocycles. The van der Waals surface area contributed by atoms with Crippen LogP contribution in [0.2, 0.25) is 0 Å². The fraction of sp³-hybridized carbons (Fsp3) is 0.143. The van der Waals surface area contributed by atoms with Crippen molar-refractivity contribution in [2.45, 2.75) is 6.54 Å². The van der Waals surface area contributed by atoms with E-state index in [0.717, 1.165) is 6.07 Å². The van der Waals surface area contributed by atoms with Gasteiger partial charge in [-0.15, -0.1) is 0 Å². The van der Waals surface area contributed by atoms with E-state index in [0.29, 0.717) is 16.6 Å². The van der Waals surface area contributed by atoms with Crippen LogP contribution < -0.4 is 10.1 Å². The first kappa shape index (κ1) is 14.9. The quantitative estimate of drug-likeness (QED) is 0.887. The molecule has 2 rings (SSSR count). The highest BCUT2D eigenvalue weighted by Gasteiger charge is 2.15. The van der Waals surface area contributed by atoms with Crippen LogP contribution >= 0.6 is 15.9 Å². The van der Waals surface area contributed by atoms with Gasteiger partial charge in [0.15, 0.2) is 17.4 Å². The van der Waals surface area contributed by atoms with E-state index >= 15 is 0 Å². The summed E-state index contributed by atoms with van der Waals surface area (Å²) in [5.74, 6) is -2.80. The predicted molar refractivity (Wildman–Crippen MR) is 73.3 cm³/mol. The fourth-order valence-electron chi connectivity index (χ4n) is 1.68. The number of halogens is 4. The van der Waals surface area contributed by atoms with Crippen molar-refractivity contribution in [1.82, 2.24) is 5.32 Å². The van der Waals surface area contributed by atoms with Gasteiger partial charge in [-0.25, -0.2) is 13.2 Å². The van der Waals surface area contributed by atoms with E-state index in [4.69, 9.17) is 4.74 Å². The molecular formula is C14H11BrF3NO. The Morgan fingerprint density at radius 1 is 1.10 bits per heavy atom. The molecule has 2 aromatic rings. The minimum absolute atomic E-state index is 0.00386. The fourth-order valence-corrected chi connectivity index (χ4v) is 2.01. The highest BCUT2D eigenvalue weighted by Crippen LogP contribution is 2.33. The summed E-state index contributed by atoms with van der Waals surface area (Å²) in [6.45, 7) is 0.331. The lowest BCUT2D eigenvalue weighted by Crippen LogP contribution is -2.06. The Kier molecular flexibility index (Phi) is 4.67. The van der Waals surface area contributed by atoms with E-state index in [1.165, 1.54) is 24.3 Å². The minimum Gasteiger partial charge on any atom is -0.450 e. The predicted octanol–water partition coefficient (Wildman–Crippen LogP) is 4.38. The van der Waals surface area contributed by atoms with Crippen LogP contribution in [0.1, 0.15) is 5.56 Å². The van der Waals surface area contributed by atoms with Crippen LogP contribution in [-0.2, 0) is 6.54 Å². The van der Waals surface area contributed by atoms with Gasteiger partial charge in [0.05, 0.1) is 4.47 Å². The van der Waals surface area contributed by atoms with Gasteiger partial charge in [0.2, 0.25) is 0 Å². The molecule has 2 nitrogen and oxygen atoms in total. The van der Waals surface area contributed by atoms with Gasteiger partial charge in [0.1, 0.15) is 11.6 Å². The molecule has 106 valence electrons. The summed E-state index contributed by atoms with van der Waals surface area (Å²) >= 11 is 3.13. The normalized spacial score (nSPS) is 10.7. The van der Waals surface area contributed by atoms with Crippen molar-refractivity contribution in [3.63, 3.8) is 0 Å². The Morgan fingerprint density at radius 2 is 1.75 bits per heavy atom. The van der Waals surface area contributed by atoms with Crippen LogP contribution in [0.4, 0.5) is 13.2 Å². The van der Waals surface area contributed by atoms with Crippen molar-refractivity contribution in [2.24, 2.45) is 0 Å². The lowest BCUT2D eigenvalue weighted by molar-refractivity contribution is 0.402. The molecule has 0 aliphatic rings. The highest BCUT2D eigenvalue weighted by atomic mass is 79.9. The largest absolute Gasteiger partial charge is 0.450 e. The van der Waals surface area contributed by atoms with Gasteiger partial charge >= 0.3 is 0 Å². The number of hydrogen-bond donors (Lipinski definition) is 1. The summed E-state index contributed by atoms with van der Waals surface area (Å²) in [6, 6.07) is 5.99. The van der Waals surface area contributed by atoms with E-state index in [2.05, 4.69) is 21.2 Å². The maximum absolute atomic E-state index is 13.9. The van der Waals surface area contributed by atoms with E-state index in [1.807, 2.05) is 0 Å². The van der Waals surface area contributed by atoms with Crippen molar-refractivity contribution >= 4 is 15.9 Å². The Bertz CT molecular complexity index is 611. The first-order valence-electron chi connectivity index (χ1n) is 5.76. The Morgan fingerprint density at radius 3 is 2.35 bits per heavy atom. The number of hydrogen-bond acceptors (Lipinski definition) is 2. The number of rotatable bonds is 4.